The van der Waals surface area contributed by atoms with Crippen molar-refractivity contribution in [1.82, 2.24) is 9.97 Å². The van der Waals surface area contributed by atoms with E-state index in [1.54, 1.807) is 7.11 Å². The molecular weight excluding hydrogens is 300 g/mol. The molecule has 1 aromatic heterocycles. The van der Waals surface area contributed by atoms with Gasteiger partial charge in [0.1, 0.15) is 5.82 Å². The number of methoxy groups -OCH3 is 1. The van der Waals surface area contributed by atoms with Crippen LogP contribution in [0.3, 0.4) is 0 Å². The molecule has 0 spiro atoms. The number of benzene rings is 2. The van der Waals surface area contributed by atoms with E-state index in [1.165, 1.54) is 5.56 Å². The molecule has 1 heterocycles. The largest absolute Gasteiger partial charge is 0.493 e. The fraction of sp³-hybridized carbons (Fsp3) is 0.250. The number of ether oxygens (including phenoxy) is 2. The maximum Gasteiger partial charge on any atom is 0.162 e. The van der Waals surface area contributed by atoms with Crippen molar-refractivity contribution < 1.29 is 9.47 Å². The van der Waals surface area contributed by atoms with Crippen LogP contribution < -0.4 is 9.47 Å². The number of nitrogens with one attached hydrogen (secondary N) is 1. The van der Waals surface area contributed by atoms with Crippen molar-refractivity contribution in [2.75, 3.05) is 7.11 Å². The summed E-state index contributed by atoms with van der Waals surface area (Å²) in [6.07, 6.45) is 3.81. The molecule has 3 rings (SSSR count). The van der Waals surface area contributed by atoms with E-state index in [-0.39, 0.29) is 6.10 Å². The highest BCUT2D eigenvalue weighted by Gasteiger charge is 2.15. The molecule has 4 heteroatoms. The van der Waals surface area contributed by atoms with Gasteiger partial charge in [-0.2, -0.15) is 0 Å². The van der Waals surface area contributed by atoms with Crippen LogP contribution in [0.1, 0.15) is 36.9 Å². The number of hydrogen-bond acceptors (Lipinski definition) is 3. The zero-order valence-electron chi connectivity index (χ0n) is 14.5. The average Bonchev–Trinajstić information content (AvgIpc) is 2.99. The summed E-state index contributed by atoms with van der Waals surface area (Å²) in [5, 5.41) is 0. The van der Waals surface area contributed by atoms with Crippen LogP contribution >= 0.6 is 0 Å². The number of aromatic amines is 1. The summed E-state index contributed by atoms with van der Waals surface area (Å²) in [6, 6.07) is 12.1. The second-order valence-corrected chi connectivity index (χ2v) is 5.81. The molecule has 3 aromatic rings. The van der Waals surface area contributed by atoms with E-state index >= 15 is 0 Å². The highest BCUT2D eigenvalue weighted by Crippen LogP contribution is 2.32. The quantitative estimate of drug-likeness (QED) is 0.715. The number of aryl methyl sites for hydroxylation is 1. The Bertz CT molecular complexity index is 880. The zero-order valence-corrected chi connectivity index (χ0v) is 14.5. The third kappa shape index (κ3) is 3.27. The molecule has 0 saturated heterocycles. The molecule has 4 nitrogen and oxygen atoms in total. The van der Waals surface area contributed by atoms with Gasteiger partial charge in [0, 0.05) is 0 Å². The topological polar surface area (TPSA) is 47.1 Å². The maximum atomic E-state index is 6.07. The number of rotatable bonds is 5. The van der Waals surface area contributed by atoms with Crippen molar-refractivity contribution in [3.05, 3.63) is 59.4 Å². The lowest BCUT2D eigenvalue weighted by molar-refractivity contribution is 0.208. The molecule has 124 valence electrons. The summed E-state index contributed by atoms with van der Waals surface area (Å²) in [4.78, 5) is 7.96. The van der Waals surface area contributed by atoms with Crippen molar-refractivity contribution in [2.45, 2.75) is 26.9 Å². The molecule has 0 radical (unpaired) electrons. The molecule has 0 unspecified atom stereocenters. The van der Waals surface area contributed by atoms with Gasteiger partial charge in [0.15, 0.2) is 17.6 Å². The van der Waals surface area contributed by atoms with Crippen LogP contribution in [-0.2, 0) is 0 Å². The molecular formula is C20H22N2O2. The summed E-state index contributed by atoms with van der Waals surface area (Å²) in [7, 11) is 1.65. The minimum atomic E-state index is -0.209. The lowest BCUT2D eigenvalue weighted by Crippen LogP contribution is -2.06. The fourth-order valence-corrected chi connectivity index (χ4v) is 2.66. The molecule has 1 atom stereocenters. The van der Waals surface area contributed by atoms with Gasteiger partial charge in [-0.15, -0.1) is 0 Å². The second kappa shape index (κ2) is 6.79. The van der Waals surface area contributed by atoms with E-state index in [0.717, 1.165) is 22.4 Å². The van der Waals surface area contributed by atoms with Gasteiger partial charge in [-0.05, 0) is 56.2 Å². The Morgan fingerprint density at radius 2 is 1.96 bits per heavy atom. The molecule has 0 aliphatic heterocycles. The number of nitrogens with zero attached hydrogens (tertiary/aromatic N) is 1. The Kier molecular flexibility index (Phi) is 4.56. The minimum Gasteiger partial charge on any atom is -0.493 e. The molecule has 0 saturated carbocycles. The first-order chi connectivity index (χ1) is 11.6. The van der Waals surface area contributed by atoms with Gasteiger partial charge in [0.2, 0.25) is 0 Å². The molecule has 0 amide bonds. The van der Waals surface area contributed by atoms with Gasteiger partial charge >= 0.3 is 0 Å². The van der Waals surface area contributed by atoms with Crippen LogP contribution in [0.4, 0.5) is 0 Å². The molecule has 0 aliphatic carbocycles. The number of H-pyrrole nitrogens is 1. The third-order valence-corrected chi connectivity index (χ3v) is 3.89. The van der Waals surface area contributed by atoms with E-state index in [0.29, 0.717) is 11.5 Å². The Hall–Kier alpha value is -2.75. The molecule has 0 bridgehead atoms. The maximum absolute atomic E-state index is 6.07. The first kappa shape index (κ1) is 16.1. The van der Waals surface area contributed by atoms with Crippen LogP contribution in [0.25, 0.3) is 17.1 Å². The van der Waals surface area contributed by atoms with Crippen LogP contribution in [0.15, 0.2) is 42.5 Å². The Morgan fingerprint density at radius 1 is 1.12 bits per heavy atom. The highest BCUT2D eigenvalue weighted by atomic mass is 16.5. The van der Waals surface area contributed by atoms with Gasteiger partial charge in [-0.3, -0.25) is 0 Å². The number of fused-ring (bicyclic) bond motifs is 1. The lowest BCUT2D eigenvalue weighted by Gasteiger charge is -2.15. The van der Waals surface area contributed by atoms with Crippen molar-refractivity contribution in [3.63, 3.8) is 0 Å². The third-order valence-electron chi connectivity index (χ3n) is 3.89. The predicted molar refractivity (Wildman–Crippen MR) is 97.6 cm³/mol. The smallest absolute Gasteiger partial charge is 0.162 e. The van der Waals surface area contributed by atoms with Crippen molar-refractivity contribution in [3.8, 4) is 11.5 Å². The Balaban J connectivity index is 1.86. The highest BCUT2D eigenvalue weighted by molar-refractivity contribution is 5.75. The van der Waals surface area contributed by atoms with Crippen LogP contribution in [0.5, 0.6) is 11.5 Å². The lowest BCUT2D eigenvalue weighted by atomic mass is 10.2. The zero-order chi connectivity index (χ0) is 17.1. The van der Waals surface area contributed by atoms with E-state index < -0.39 is 0 Å². The van der Waals surface area contributed by atoms with Crippen molar-refractivity contribution in [1.29, 1.82) is 0 Å². The van der Waals surface area contributed by atoms with Gasteiger partial charge in [-0.25, -0.2) is 4.98 Å². The first-order valence-corrected chi connectivity index (χ1v) is 8.04. The Labute approximate surface area is 142 Å². The number of imidazole rings is 1. The van der Waals surface area contributed by atoms with E-state index in [4.69, 9.17) is 9.47 Å². The summed E-state index contributed by atoms with van der Waals surface area (Å²) in [5.74, 6) is 2.22. The monoisotopic (exact) mass is 322 g/mol. The van der Waals surface area contributed by atoms with Gasteiger partial charge in [0.05, 0.1) is 18.1 Å². The summed E-state index contributed by atoms with van der Waals surface area (Å²) in [6.45, 7) is 6.03. The predicted octanol–water partition coefficient (Wildman–Crippen LogP) is 5.05. The molecule has 0 aliphatic rings. The SMILES string of the molecule is C/C=C/c1ccc(O[C@H](C)c2nc3ccc(C)cc3[nH]2)c(OC)c1. The van der Waals surface area contributed by atoms with Crippen LogP contribution in [0.2, 0.25) is 0 Å². The van der Waals surface area contributed by atoms with Crippen molar-refractivity contribution in [2.24, 2.45) is 0 Å². The number of allylic oxidation sites excluding steroid dienone is 1. The molecule has 24 heavy (non-hydrogen) atoms. The van der Waals surface area contributed by atoms with Crippen LogP contribution in [-0.4, -0.2) is 17.1 Å². The molecule has 1 N–H and O–H groups in total. The second-order valence-electron chi connectivity index (χ2n) is 5.81. The molecule has 2 aromatic carbocycles. The fourth-order valence-electron chi connectivity index (χ4n) is 2.66. The van der Waals surface area contributed by atoms with E-state index in [2.05, 4.69) is 29.0 Å². The minimum absolute atomic E-state index is 0.209. The summed E-state index contributed by atoms with van der Waals surface area (Å²) in [5.41, 5.74) is 4.25. The van der Waals surface area contributed by atoms with Crippen LogP contribution in [0, 0.1) is 6.92 Å². The summed E-state index contributed by atoms with van der Waals surface area (Å²) < 4.78 is 11.5. The first-order valence-electron chi connectivity index (χ1n) is 8.04. The summed E-state index contributed by atoms with van der Waals surface area (Å²) >= 11 is 0. The van der Waals surface area contributed by atoms with Gasteiger partial charge in [0.25, 0.3) is 0 Å². The van der Waals surface area contributed by atoms with E-state index in [1.807, 2.05) is 50.3 Å². The molecule has 0 fully saturated rings. The standard InChI is InChI=1S/C20H22N2O2/c1-5-6-15-8-10-18(19(12-15)23-4)24-14(3)20-21-16-9-7-13(2)11-17(16)22-20/h5-12,14H,1-4H3,(H,21,22)/b6-5+/t14-/m1/s1. The number of aromatic nitrogens is 2. The van der Waals surface area contributed by atoms with Crippen molar-refractivity contribution >= 4 is 17.1 Å². The van der Waals surface area contributed by atoms with Gasteiger partial charge < -0.3 is 14.5 Å². The average molecular weight is 322 g/mol. The normalized spacial score (nSPS) is 12.7. The number of hydrogen-bond donors (Lipinski definition) is 1. The van der Waals surface area contributed by atoms with Gasteiger partial charge in [-0.1, -0.05) is 24.3 Å². The van der Waals surface area contributed by atoms with E-state index in [9.17, 15) is 0 Å². The Morgan fingerprint density at radius 3 is 2.71 bits per heavy atom.